The molecule has 1 aliphatic rings. The number of hydrogen-bond donors (Lipinski definition) is 1. The molecule has 0 unspecified atom stereocenters. The maximum absolute atomic E-state index is 12.2. The lowest BCUT2D eigenvalue weighted by molar-refractivity contribution is 0.0545. The molecule has 0 fully saturated rings. The molecule has 1 aromatic carbocycles. The standard InChI is InChI=1S/C14H21N5O2S/c1-4-18(19-10-14(2,3)9-16-19)11-17-22(20,21)13-7-5-6-12(15)8-13/h5-9,11H,4,10,15H2,1-3H3. The molecule has 0 spiro atoms. The Kier molecular flexibility index (Phi) is 4.41. The van der Waals surface area contributed by atoms with Gasteiger partial charge in [-0.05, 0) is 25.1 Å². The number of anilines is 1. The Hall–Kier alpha value is -2.09. The van der Waals surface area contributed by atoms with Crippen LogP contribution in [0.2, 0.25) is 0 Å². The quantitative estimate of drug-likeness (QED) is 0.504. The zero-order valence-electron chi connectivity index (χ0n) is 13.0. The summed E-state index contributed by atoms with van der Waals surface area (Å²) in [7, 11) is -3.78. The molecule has 0 saturated carbocycles. The Morgan fingerprint density at radius 1 is 1.50 bits per heavy atom. The molecule has 1 aromatic rings. The van der Waals surface area contributed by atoms with Crippen molar-refractivity contribution in [3.8, 4) is 0 Å². The van der Waals surface area contributed by atoms with E-state index in [1.807, 2.05) is 13.1 Å². The molecule has 0 saturated heterocycles. The van der Waals surface area contributed by atoms with Crippen molar-refractivity contribution < 1.29 is 8.42 Å². The normalized spacial score (nSPS) is 17.3. The third-order valence-electron chi connectivity index (χ3n) is 3.19. The van der Waals surface area contributed by atoms with Crippen LogP contribution in [-0.4, -0.2) is 44.2 Å². The first-order valence-electron chi connectivity index (χ1n) is 6.99. The lowest BCUT2D eigenvalue weighted by Gasteiger charge is -2.28. The van der Waals surface area contributed by atoms with Crippen LogP contribution in [0.4, 0.5) is 5.69 Å². The Morgan fingerprint density at radius 2 is 2.23 bits per heavy atom. The molecular weight excluding hydrogens is 302 g/mol. The fraction of sp³-hybridized carbons (Fsp3) is 0.429. The fourth-order valence-corrected chi connectivity index (χ4v) is 2.87. The van der Waals surface area contributed by atoms with Crippen LogP contribution < -0.4 is 5.73 Å². The van der Waals surface area contributed by atoms with Crippen molar-refractivity contribution in [2.75, 3.05) is 18.8 Å². The topological polar surface area (TPSA) is 91.4 Å². The first-order valence-corrected chi connectivity index (χ1v) is 8.43. The second-order valence-corrected chi connectivity index (χ2v) is 7.42. The van der Waals surface area contributed by atoms with Gasteiger partial charge in [-0.3, -0.25) is 5.01 Å². The van der Waals surface area contributed by atoms with Gasteiger partial charge in [0.05, 0.1) is 11.4 Å². The van der Waals surface area contributed by atoms with Gasteiger partial charge in [0, 0.05) is 23.9 Å². The van der Waals surface area contributed by atoms with Crippen LogP contribution in [0.25, 0.3) is 0 Å². The van der Waals surface area contributed by atoms with Crippen LogP contribution in [0, 0.1) is 5.41 Å². The van der Waals surface area contributed by atoms with Crippen molar-refractivity contribution in [2.45, 2.75) is 25.7 Å². The Balaban J connectivity index is 2.17. The molecule has 0 radical (unpaired) electrons. The average Bonchev–Trinajstić information content (AvgIpc) is 2.80. The fourth-order valence-electron chi connectivity index (χ4n) is 1.98. The zero-order valence-corrected chi connectivity index (χ0v) is 13.8. The average molecular weight is 323 g/mol. The van der Waals surface area contributed by atoms with E-state index in [9.17, 15) is 8.42 Å². The van der Waals surface area contributed by atoms with Crippen LogP contribution in [0.15, 0.2) is 38.7 Å². The molecule has 1 aliphatic heterocycles. The molecule has 0 aromatic heterocycles. The van der Waals surface area contributed by atoms with Crippen molar-refractivity contribution >= 4 is 28.3 Å². The number of hydrazine groups is 1. The summed E-state index contributed by atoms with van der Waals surface area (Å²) in [4.78, 5) is 0.0741. The van der Waals surface area contributed by atoms with Crippen LogP contribution in [0.1, 0.15) is 20.8 Å². The van der Waals surface area contributed by atoms with Gasteiger partial charge in [0.1, 0.15) is 6.34 Å². The first-order chi connectivity index (χ1) is 10.2. The molecule has 2 rings (SSSR count). The highest BCUT2D eigenvalue weighted by atomic mass is 32.2. The monoisotopic (exact) mass is 323 g/mol. The summed E-state index contributed by atoms with van der Waals surface area (Å²) < 4.78 is 28.2. The Bertz CT molecular complexity index is 697. The molecule has 0 amide bonds. The number of nitrogen functional groups attached to an aromatic ring is 1. The number of nitrogens with zero attached hydrogens (tertiary/aromatic N) is 4. The lowest BCUT2D eigenvalue weighted by atomic mass is 9.97. The third kappa shape index (κ3) is 3.76. The summed E-state index contributed by atoms with van der Waals surface area (Å²) in [6.07, 6.45) is 3.13. The maximum Gasteiger partial charge on any atom is 0.283 e. The van der Waals surface area contributed by atoms with E-state index >= 15 is 0 Å². The van der Waals surface area contributed by atoms with E-state index in [0.717, 1.165) is 0 Å². The predicted octanol–water partition coefficient (Wildman–Crippen LogP) is 1.55. The molecule has 22 heavy (non-hydrogen) atoms. The lowest BCUT2D eigenvalue weighted by Crippen LogP contribution is -2.39. The molecule has 0 aliphatic carbocycles. The highest BCUT2D eigenvalue weighted by molar-refractivity contribution is 7.90. The second-order valence-electron chi connectivity index (χ2n) is 5.79. The Morgan fingerprint density at radius 3 is 2.77 bits per heavy atom. The van der Waals surface area contributed by atoms with Crippen molar-refractivity contribution in [1.82, 2.24) is 10.1 Å². The summed E-state index contributed by atoms with van der Waals surface area (Å²) in [5.74, 6) is 0. The summed E-state index contributed by atoms with van der Waals surface area (Å²) in [5, 5.41) is 7.64. The smallest absolute Gasteiger partial charge is 0.283 e. The van der Waals surface area contributed by atoms with Crippen LogP contribution >= 0.6 is 0 Å². The van der Waals surface area contributed by atoms with Crippen molar-refractivity contribution in [1.29, 1.82) is 0 Å². The van der Waals surface area contributed by atoms with Gasteiger partial charge in [-0.15, -0.1) is 4.40 Å². The number of hydrazone groups is 1. The number of benzene rings is 1. The summed E-state index contributed by atoms with van der Waals surface area (Å²) >= 11 is 0. The minimum Gasteiger partial charge on any atom is -0.399 e. The summed E-state index contributed by atoms with van der Waals surface area (Å²) in [6, 6.07) is 6.07. The molecule has 7 nitrogen and oxygen atoms in total. The van der Waals surface area contributed by atoms with E-state index in [1.165, 1.54) is 18.5 Å². The van der Waals surface area contributed by atoms with Gasteiger partial charge < -0.3 is 5.73 Å². The van der Waals surface area contributed by atoms with Gasteiger partial charge >= 0.3 is 0 Å². The summed E-state index contributed by atoms with van der Waals surface area (Å²) in [5.41, 5.74) is 5.95. The van der Waals surface area contributed by atoms with Gasteiger partial charge in [-0.2, -0.15) is 13.5 Å². The van der Waals surface area contributed by atoms with E-state index < -0.39 is 10.0 Å². The molecule has 8 heteroatoms. The van der Waals surface area contributed by atoms with Crippen LogP contribution in [0.3, 0.4) is 0 Å². The van der Waals surface area contributed by atoms with Gasteiger partial charge in [0.15, 0.2) is 0 Å². The highest BCUT2D eigenvalue weighted by Crippen LogP contribution is 2.21. The second kappa shape index (κ2) is 5.96. The number of rotatable bonds is 5. The van der Waals surface area contributed by atoms with Crippen molar-refractivity contribution in [3.63, 3.8) is 0 Å². The van der Waals surface area contributed by atoms with Crippen molar-refractivity contribution in [2.24, 2.45) is 14.9 Å². The molecule has 120 valence electrons. The van der Waals surface area contributed by atoms with Crippen LogP contribution in [-0.2, 0) is 10.0 Å². The molecule has 2 N–H and O–H groups in total. The molecule has 0 bridgehead atoms. The number of nitrogens with two attached hydrogens (primary N) is 1. The van der Waals surface area contributed by atoms with E-state index in [1.54, 1.807) is 22.3 Å². The van der Waals surface area contributed by atoms with Crippen molar-refractivity contribution in [3.05, 3.63) is 24.3 Å². The SMILES string of the molecule is CCN(C=NS(=O)(=O)c1cccc(N)c1)N1CC(C)(C)C=N1. The van der Waals surface area contributed by atoms with Gasteiger partial charge in [0.2, 0.25) is 0 Å². The predicted molar refractivity (Wildman–Crippen MR) is 87.9 cm³/mol. The van der Waals surface area contributed by atoms with E-state index in [2.05, 4.69) is 23.3 Å². The third-order valence-corrected chi connectivity index (χ3v) is 4.41. The van der Waals surface area contributed by atoms with E-state index in [-0.39, 0.29) is 10.3 Å². The first kappa shape index (κ1) is 16.3. The highest BCUT2D eigenvalue weighted by Gasteiger charge is 2.27. The minimum absolute atomic E-state index is 0.0476. The largest absolute Gasteiger partial charge is 0.399 e. The summed E-state index contributed by atoms with van der Waals surface area (Å²) in [6.45, 7) is 7.25. The van der Waals surface area contributed by atoms with Gasteiger partial charge in [-0.1, -0.05) is 19.9 Å². The van der Waals surface area contributed by atoms with E-state index in [4.69, 9.17) is 5.73 Å². The maximum atomic E-state index is 12.2. The molecular formula is C14H21N5O2S. The zero-order chi connectivity index (χ0) is 16.4. The molecule has 0 atom stereocenters. The molecule has 1 heterocycles. The number of sulfonamides is 1. The Labute approximate surface area is 131 Å². The minimum atomic E-state index is -3.78. The van der Waals surface area contributed by atoms with Crippen LogP contribution in [0.5, 0.6) is 0 Å². The van der Waals surface area contributed by atoms with E-state index in [0.29, 0.717) is 18.8 Å². The van der Waals surface area contributed by atoms with Gasteiger partial charge in [0.25, 0.3) is 10.0 Å². The van der Waals surface area contributed by atoms with Gasteiger partial charge in [-0.25, -0.2) is 5.12 Å². The number of hydrogen-bond acceptors (Lipinski definition) is 5.